The first-order valence-electron chi connectivity index (χ1n) is 14.0. The van der Waals surface area contributed by atoms with E-state index in [1.54, 1.807) is 82.9 Å². The van der Waals surface area contributed by atoms with Crippen LogP contribution in [-0.4, -0.2) is 53.0 Å². The summed E-state index contributed by atoms with van der Waals surface area (Å²) < 4.78 is 36.5. The largest absolute Gasteiger partial charge is 0.459 e. The van der Waals surface area contributed by atoms with Crippen molar-refractivity contribution in [2.75, 3.05) is 11.9 Å². The van der Waals surface area contributed by atoms with Gasteiger partial charge in [-0.2, -0.15) is 4.72 Å². The van der Waals surface area contributed by atoms with Crippen molar-refractivity contribution in [2.24, 2.45) is 7.05 Å². The summed E-state index contributed by atoms with van der Waals surface area (Å²) in [5.41, 5.74) is 1.87. The smallest absolute Gasteiger partial charge is 0.326 e. The topological polar surface area (TPSA) is 164 Å². The summed E-state index contributed by atoms with van der Waals surface area (Å²) in [6, 6.07) is 7.29. The molecule has 4 aromatic rings. The van der Waals surface area contributed by atoms with Crippen molar-refractivity contribution in [1.82, 2.24) is 24.6 Å². The molecule has 0 saturated carbocycles. The lowest BCUT2D eigenvalue weighted by molar-refractivity contribution is -0.156. The van der Waals surface area contributed by atoms with Crippen LogP contribution in [0.3, 0.4) is 0 Å². The Hall–Kier alpha value is -4.49. The van der Waals surface area contributed by atoms with Gasteiger partial charge in [0.15, 0.2) is 5.95 Å². The summed E-state index contributed by atoms with van der Waals surface area (Å²) in [5.74, 6) is -1.01. The predicted molar refractivity (Wildman–Crippen MR) is 168 cm³/mol. The zero-order valence-corrected chi connectivity index (χ0v) is 26.7. The quantitative estimate of drug-likeness (QED) is 0.196. The zero-order chi connectivity index (χ0) is 32.4. The number of H-pyrrole nitrogens is 1. The van der Waals surface area contributed by atoms with Crippen LogP contribution in [0.15, 0.2) is 58.6 Å². The fourth-order valence-corrected chi connectivity index (χ4v) is 6.66. The number of carbonyl (C=O) groups is 2. The van der Waals surface area contributed by atoms with E-state index in [4.69, 9.17) is 4.74 Å². The number of esters is 1. The number of anilines is 1. The molecule has 0 radical (unpaired) electrons. The van der Waals surface area contributed by atoms with E-state index in [1.807, 2.05) is 13.0 Å². The van der Waals surface area contributed by atoms with Gasteiger partial charge in [-0.15, -0.1) is 0 Å². The number of nitrogens with zero attached hydrogens (tertiary/aromatic N) is 2. The molecule has 1 atom stereocenters. The van der Waals surface area contributed by atoms with E-state index in [9.17, 15) is 22.8 Å². The number of ether oxygens (including phenoxy) is 1. The average Bonchev–Trinajstić information content (AvgIpc) is 3.43. The van der Waals surface area contributed by atoms with Gasteiger partial charge in [0.25, 0.3) is 5.91 Å². The van der Waals surface area contributed by atoms with E-state index in [1.165, 1.54) is 6.20 Å². The molecule has 4 N–H and O–H groups in total. The molecule has 0 saturated heterocycles. The maximum atomic E-state index is 13.5. The Morgan fingerprint density at radius 2 is 1.77 bits per heavy atom. The molecule has 0 fully saturated rings. The highest BCUT2D eigenvalue weighted by molar-refractivity contribution is 7.89. The number of hydrogen-bond acceptors (Lipinski definition) is 8. The molecule has 2 aromatic heterocycles. The number of imidazole rings is 1. The van der Waals surface area contributed by atoms with Gasteiger partial charge in [-0.3, -0.25) is 14.4 Å². The molecular formula is C31H38N6O6S. The SMILES string of the molecule is Cc1cc(C)c(S(=O)(=O)N[C@@H](CNC(=O)c2cn(C)c3cc(CNc4ncc[nH]4)ccc3c2=O)C(=O)OC(C)(C)C)c(C)c1. The Kier molecular flexibility index (Phi) is 9.30. The Labute approximate surface area is 256 Å². The number of fused-ring (bicyclic) bond motifs is 1. The number of rotatable bonds is 10. The van der Waals surface area contributed by atoms with Crippen molar-refractivity contribution in [2.45, 2.75) is 64.6 Å². The van der Waals surface area contributed by atoms with Crippen LogP contribution in [0.1, 0.15) is 53.4 Å². The summed E-state index contributed by atoms with van der Waals surface area (Å²) >= 11 is 0. The number of aromatic nitrogens is 3. The second-order valence-corrected chi connectivity index (χ2v) is 13.4. The van der Waals surface area contributed by atoms with Crippen molar-refractivity contribution in [3.63, 3.8) is 0 Å². The average molecular weight is 623 g/mol. The van der Waals surface area contributed by atoms with E-state index in [2.05, 4.69) is 25.3 Å². The molecule has 0 bridgehead atoms. The minimum absolute atomic E-state index is 0.0464. The van der Waals surface area contributed by atoms with Gasteiger partial charge in [0, 0.05) is 44.1 Å². The second-order valence-electron chi connectivity index (χ2n) is 11.8. The first kappa shape index (κ1) is 32.4. The third-order valence-corrected chi connectivity index (χ3v) is 8.56. The monoisotopic (exact) mass is 622 g/mol. The van der Waals surface area contributed by atoms with Gasteiger partial charge in [-0.1, -0.05) is 23.8 Å². The molecule has 1 amide bonds. The molecule has 2 heterocycles. The molecule has 0 spiro atoms. The van der Waals surface area contributed by atoms with E-state index < -0.39 is 45.5 Å². The Morgan fingerprint density at radius 3 is 2.39 bits per heavy atom. The van der Waals surface area contributed by atoms with Crippen LogP contribution in [0.25, 0.3) is 10.9 Å². The number of benzene rings is 2. The van der Waals surface area contributed by atoms with Gasteiger partial charge in [-0.25, -0.2) is 13.4 Å². The Bertz CT molecular complexity index is 1850. The predicted octanol–water partition coefficient (Wildman–Crippen LogP) is 3.22. The fraction of sp³-hybridized carbons (Fsp3) is 0.355. The van der Waals surface area contributed by atoms with Gasteiger partial charge in [0.05, 0.1) is 10.4 Å². The van der Waals surface area contributed by atoms with Crippen molar-refractivity contribution < 1.29 is 22.7 Å². The highest BCUT2D eigenvalue weighted by Gasteiger charge is 2.32. The third kappa shape index (κ3) is 7.53. The summed E-state index contributed by atoms with van der Waals surface area (Å²) in [7, 11) is -2.48. The lowest BCUT2D eigenvalue weighted by atomic mass is 10.1. The normalized spacial score (nSPS) is 12.6. The molecule has 2 aromatic carbocycles. The molecule has 44 heavy (non-hydrogen) atoms. The van der Waals surface area contributed by atoms with Gasteiger partial charge in [0.1, 0.15) is 17.2 Å². The highest BCUT2D eigenvalue weighted by Crippen LogP contribution is 2.22. The van der Waals surface area contributed by atoms with Crippen LogP contribution in [0, 0.1) is 20.8 Å². The number of carbonyl (C=O) groups excluding carboxylic acids is 2. The molecule has 12 nitrogen and oxygen atoms in total. The van der Waals surface area contributed by atoms with E-state index in [-0.39, 0.29) is 10.5 Å². The molecule has 4 rings (SSSR count). The Balaban J connectivity index is 1.57. The minimum Gasteiger partial charge on any atom is -0.459 e. The molecular weight excluding hydrogens is 584 g/mol. The second kappa shape index (κ2) is 12.6. The van der Waals surface area contributed by atoms with Crippen molar-refractivity contribution >= 4 is 38.8 Å². The summed E-state index contributed by atoms with van der Waals surface area (Å²) in [4.78, 5) is 46.9. The van der Waals surface area contributed by atoms with Crippen molar-refractivity contribution in [3.8, 4) is 0 Å². The summed E-state index contributed by atoms with van der Waals surface area (Å²) in [6.07, 6.45) is 4.75. The first-order valence-corrected chi connectivity index (χ1v) is 15.5. The van der Waals surface area contributed by atoms with Gasteiger partial charge < -0.3 is 24.9 Å². The van der Waals surface area contributed by atoms with Gasteiger partial charge in [-0.05, 0) is 70.4 Å². The van der Waals surface area contributed by atoms with Crippen LogP contribution in [0.5, 0.6) is 0 Å². The van der Waals surface area contributed by atoms with Crippen LogP contribution < -0.4 is 20.8 Å². The lowest BCUT2D eigenvalue weighted by Gasteiger charge is -2.25. The van der Waals surface area contributed by atoms with Crippen LogP contribution >= 0.6 is 0 Å². The number of sulfonamides is 1. The number of hydrogen-bond donors (Lipinski definition) is 4. The number of nitrogens with one attached hydrogen (secondary N) is 4. The minimum atomic E-state index is -4.20. The van der Waals surface area contributed by atoms with E-state index in [0.717, 1.165) is 11.1 Å². The molecule has 0 unspecified atom stereocenters. The fourth-order valence-electron chi connectivity index (χ4n) is 5.02. The van der Waals surface area contributed by atoms with E-state index in [0.29, 0.717) is 34.5 Å². The highest BCUT2D eigenvalue weighted by atomic mass is 32.2. The summed E-state index contributed by atoms with van der Waals surface area (Å²) in [5, 5.41) is 6.04. The standard InChI is InChI=1S/C31H38N6O6S/c1-18-12-19(2)27(20(3)13-18)44(41,42)36-24(29(40)43-31(4,5)6)16-34-28(39)23-17-37(7)25-14-21(8-9-22(25)26(23)38)15-35-30-32-10-11-33-30/h8-14,17,24,36H,15-16H2,1-7H3,(H,34,39)(H2,32,33,35)/t24-/m0/s1. The Morgan fingerprint density at radius 1 is 1.09 bits per heavy atom. The van der Waals surface area contributed by atoms with Crippen LogP contribution in [0.2, 0.25) is 0 Å². The van der Waals surface area contributed by atoms with Gasteiger partial charge >= 0.3 is 5.97 Å². The maximum Gasteiger partial charge on any atom is 0.326 e. The lowest BCUT2D eigenvalue weighted by Crippen LogP contribution is -2.51. The zero-order valence-electron chi connectivity index (χ0n) is 25.9. The molecule has 0 aliphatic heterocycles. The van der Waals surface area contributed by atoms with Crippen LogP contribution in [-0.2, 0) is 33.1 Å². The van der Waals surface area contributed by atoms with Crippen molar-refractivity contribution in [3.05, 3.63) is 87.0 Å². The molecule has 0 aliphatic carbocycles. The first-order chi connectivity index (χ1) is 20.6. The molecule has 234 valence electrons. The molecule has 13 heteroatoms. The van der Waals surface area contributed by atoms with Gasteiger partial charge in [0.2, 0.25) is 15.5 Å². The van der Waals surface area contributed by atoms with Crippen molar-refractivity contribution in [1.29, 1.82) is 0 Å². The molecule has 0 aliphatic rings. The maximum absolute atomic E-state index is 13.5. The number of aryl methyl sites for hydroxylation is 4. The van der Waals surface area contributed by atoms with Crippen LogP contribution in [0.4, 0.5) is 5.95 Å². The van der Waals surface area contributed by atoms with E-state index >= 15 is 0 Å². The summed E-state index contributed by atoms with van der Waals surface area (Å²) in [6.45, 7) is 10.2. The number of aromatic amines is 1. The third-order valence-electron chi connectivity index (χ3n) is 6.79. The number of pyridine rings is 1. The number of amides is 1.